The average molecular weight is 879 g/mol. The second-order valence-corrected chi connectivity index (χ2v) is 17.8. The maximum atomic E-state index is 5.38. The Morgan fingerprint density at radius 2 is 1.03 bits per heavy atom. The van der Waals surface area contributed by atoms with Gasteiger partial charge >= 0.3 is 0 Å². The molecule has 0 fully saturated rings. The summed E-state index contributed by atoms with van der Waals surface area (Å²) in [4.78, 5) is 16.0. The van der Waals surface area contributed by atoms with Gasteiger partial charge in [-0.15, -0.1) is 11.3 Å². The third-order valence-corrected chi connectivity index (χ3v) is 13.6. The molecule has 5 heteroatoms. The van der Waals surface area contributed by atoms with Gasteiger partial charge < -0.3 is 0 Å². The Bertz CT molecular complexity index is 3710. The van der Waals surface area contributed by atoms with Crippen LogP contribution in [0.2, 0.25) is 0 Å². The summed E-state index contributed by atoms with van der Waals surface area (Å²) in [5.74, 6) is 1.71. The van der Waals surface area contributed by atoms with Gasteiger partial charge in [0.1, 0.15) is 0 Å². The Labute approximate surface area is 394 Å². The summed E-state index contributed by atoms with van der Waals surface area (Å²) in [5.41, 5.74) is 12.6. The van der Waals surface area contributed by atoms with Crippen LogP contribution in [0.5, 0.6) is 0 Å². The molecular formula is C62H46N4S. The van der Waals surface area contributed by atoms with Crippen molar-refractivity contribution < 1.29 is 0 Å². The number of rotatable bonds is 8. The number of benzene rings is 9. The molecule has 0 aliphatic rings. The first-order chi connectivity index (χ1) is 33.0. The van der Waals surface area contributed by atoms with Gasteiger partial charge in [-0.25, -0.2) is 4.98 Å². The summed E-state index contributed by atoms with van der Waals surface area (Å²) in [7, 11) is 0. The van der Waals surface area contributed by atoms with Crippen molar-refractivity contribution >= 4 is 76.2 Å². The highest BCUT2D eigenvalue weighted by Gasteiger charge is 2.23. The van der Waals surface area contributed by atoms with Gasteiger partial charge in [-0.1, -0.05) is 222 Å². The Kier molecular flexibility index (Phi) is 10.9. The lowest BCUT2D eigenvalue weighted by Gasteiger charge is -2.14. The fraction of sp³-hybridized carbons (Fsp3) is 0.0484. The minimum atomic E-state index is 0.530. The molecule has 9 aromatic carbocycles. The van der Waals surface area contributed by atoms with Gasteiger partial charge in [0.05, 0.1) is 11.0 Å². The van der Waals surface area contributed by atoms with E-state index in [1.165, 1.54) is 37.4 Å². The van der Waals surface area contributed by atoms with Gasteiger partial charge in [0.2, 0.25) is 5.95 Å². The summed E-state index contributed by atoms with van der Waals surface area (Å²) in [6.45, 7) is 12.7. The van der Waals surface area contributed by atoms with Crippen LogP contribution in [-0.2, 0) is 0 Å². The van der Waals surface area contributed by atoms with Crippen LogP contribution >= 0.6 is 11.3 Å². The fourth-order valence-corrected chi connectivity index (χ4v) is 10.5. The van der Waals surface area contributed by atoms with E-state index in [1.807, 2.05) is 35.6 Å². The molecule has 0 aliphatic carbocycles. The van der Waals surface area contributed by atoms with E-state index in [0.29, 0.717) is 17.6 Å². The smallest absolute Gasteiger partial charge is 0.238 e. The van der Waals surface area contributed by atoms with Gasteiger partial charge in [0.15, 0.2) is 11.6 Å². The molecule has 0 saturated heterocycles. The number of nitrogens with zero attached hydrogens (tertiary/aromatic N) is 4. The molecule has 0 aliphatic heterocycles. The molecule has 0 bridgehead atoms. The minimum Gasteiger partial charge on any atom is -0.277 e. The zero-order chi connectivity index (χ0) is 45.4. The van der Waals surface area contributed by atoms with E-state index in [-0.39, 0.29) is 0 Å². The molecule has 3 heterocycles. The van der Waals surface area contributed by atoms with Crippen LogP contribution in [0.4, 0.5) is 0 Å². The van der Waals surface area contributed by atoms with Crippen LogP contribution in [0.3, 0.4) is 0 Å². The lowest BCUT2D eigenvalue weighted by atomic mass is 9.97. The Morgan fingerprint density at radius 1 is 0.463 bits per heavy atom. The largest absolute Gasteiger partial charge is 0.277 e. The molecule has 4 nitrogen and oxygen atoms in total. The predicted molar refractivity (Wildman–Crippen MR) is 288 cm³/mol. The van der Waals surface area contributed by atoms with Gasteiger partial charge in [0, 0.05) is 47.6 Å². The average Bonchev–Trinajstić information content (AvgIpc) is 3.95. The number of para-hydroxylation sites is 1. The van der Waals surface area contributed by atoms with Gasteiger partial charge in [-0.3, -0.25) is 4.57 Å². The van der Waals surface area contributed by atoms with E-state index in [0.717, 1.165) is 77.4 Å². The third kappa shape index (κ3) is 7.40. The zero-order valence-corrected chi connectivity index (χ0v) is 38.3. The van der Waals surface area contributed by atoms with Crippen molar-refractivity contribution in [1.29, 1.82) is 0 Å². The molecule has 0 spiro atoms. The highest BCUT2D eigenvalue weighted by atomic mass is 32.1. The Morgan fingerprint density at radius 3 is 1.66 bits per heavy atom. The second-order valence-electron chi connectivity index (χ2n) is 16.8. The lowest BCUT2D eigenvalue weighted by Crippen LogP contribution is -2.07. The molecule has 12 aromatic rings. The number of thiophene rings is 1. The van der Waals surface area contributed by atoms with Gasteiger partial charge in [-0.2, -0.15) is 9.97 Å². The zero-order valence-electron chi connectivity index (χ0n) is 37.4. The highest BCUT2D eigenvalue weighted by Crippen LogP contribution is 2.44. The Hall–Kier alpha value is -8.25. The maximum absolute atomic E-state index is 5.38. The van der Waals surface area contributed by atoms with Crippen LogP contribution in [0.1, 0.15) is 31.4 Å². The van der Waals surface area contributed by atoms with Crippen molar-refractivity contribution in [2.24, 2.45) is 0 Å². The van der Waals surface area contributed by atoms with E-state index in [9.17, 15) is 0 Å². The number of fused-ring (bicyclic) bond motifs is 8. The molecule has 0 amide bonds. The summed E-state index contributed by atoms with van der Waals surface area (Å²) >= 11 is 1.84. The first-order valence-corrected chi connectivity index (χ1v) is 23.6. The van der Waals surface area contributed by atoms with Gasteiger partial charge in [0.25, 0.3) is 0 Å². The van der Waals surface area contributed by atoms with E-state index >= 15 is 0 Å². The SMILES string of the molecule is C=Cc1ccc2c(c1C=C)c1cccc(-c3ccc4c(c3)sc3ccc5ccccc5c34)c1n2-c1nc(-c2ccc(-c3ccccc3)cc2)nc(-c2ccc(-c3ccccc3)cc2)n1.CCC. The Balaban J connectivity index is 0.00000161. The van der Waals surface area contributed by atoms with Crippen LogP contribution < -0.4 is 0 Å². The van der Waals surface area contributed by atoms with E-state index in [1.54, 1.807) is 0 Å². The van der Waals surface area contributed by atoms with Crippen molar-refractivity contribution in [2.75, 3.05) is 0 Å². The lowest BCUT2D eigenvalue weighted by molar-refractivity contribution is 0.954. The molecule has 67 heavy (non-hydrogen) atoms. The molecular weight excluding hydrogens is 833 g/mol. The maximum Gasteiger partial charge on any atom is 0.238 e. The van der Waals surface area contributed by atoms with E-state index in [2.05, 4.69) is 214 Å². The van der Waals surface area contributed by atoms with Crippen molar-refractivity contribution in [1.82, 2.24) is 19.5 Å². The number of hydrogen-bond acceptors (Lipinski definition) is 4. The summed E-state index contributed by atoms with van der Waals surface area (Å²) in [6, 6.07) is 68.8. The van der Waals surface area contributed by atoms with Crippen molar-refractivity contribution in [2.45, 2.75) is 20.3 Å². The standard InChI is InChI=1S/C59H38N4S.C3H8/c1-3-37-31-34-51-54(46(37)4-2)50-21-13-20-48(45-30-33-49-53(36-45)64-52-35-32-42-18-11-12-19-47(42)55(49)52)56(50)63(51)59-61-57(43-26-22-40(23-27-43)38-14-7-5-8-15-38)60-58(62-59)44-28-24-41(25-29-44)39-16-9-6-10-17-39;1-3-2/h3-36H,1-2H2;3H2,1-2H3. The minimum absolute atomic E-state index is 0.530. The molecule has 0 unspecified atom stereocenters. The van der Waals surface area contributed by atoms with Crippen LogP contribution in [0, 0.1) is 0 Å². The van der Waals surface area contributed by atoms with Crippen LogP contribution in [0.15, 0.2) is 207 Å². The molecule has 0 N–H and O–H groups in total. The topological polar surface area (TPSA) is 43.6 Å². The highest BCUT2D eigenvalue weighted by molar-refractivity contribution is 7.26. The first kappa shape index (κ1) is 41.5. The van der Waals surface area contributed by atoms with E-state index < -0.39 is 0 Å². The summed E-state index contributed by atoms with van der Waals surface area (Å²) < 4.78 is 4.75. The molecule has 3 aromatic heterocycles. The monoisotopic (exact) mass is 878 g/mol. The number of aromatic nitrogens is 4. The quantitative estimate of drug-likeness (QED) is 0.153. The molecule has 0 saturated carbocycles. The van der Waals surface area contributed by atoms with E-state index in [4.69, 9.17) is 15.0 Å². The van der Waals surface area contributed by atoms with Crippen molar-refractivity contribution in [3.63, 3.8) is 0 Å². The second kappa shape index (κ2) is 17.6. The molecule has 0 atom stereocenters. The van der Waals surface area contributed by atoms with Crippen LogP contribution in [0.25, 0.3) is 127 Å². The predicted octanol–water partition coefficient (Wildman–Crippen LogP) is 17.5. The molecule has 320 valence electrons. The normalized spacial score (nSPS) is 11.3. The van der Waals surface area contributed by atoms with Crippen LogP contribution in [-0.4, -0.2) is 19.5 Å². The third-order valence-electron chi connectivity index (χ3n) is 12.4. The molecule has 12 rings (SSSR count). The first-order valence-electron chi connectivity index (χ1n) is 22.8. The summed E-state index contributed by atoms with van der Waals surface area (Å²) in [6.07, 6.45) is 5.09. The number of hydrogen-bond donors (Lipinski definition) is 0. The van der Waals surface area contributed by atoms with Crippen molar-refractivity contribution in [3.05, 3.63) is 218 Å². The fourth-order valence-electron chi connectivity index (χ4n) is 9.36. The molecule has 0 radical (unpaired) electrons. The summed E-state index contributed by atoms with van der Waals surface area (Å²) in [5, 5.41) is 7.25. The van der Waals surface area contributed by atoms with Crippen molar-refractivity contribution in [3.8, 4) is 62.1 Å². The van der Waals surface area contributed by atoms with Gasteiger partial charge in [-0.05, 0) is 67.9 Å².